The van der Waals surface area contributed by atoms with Gasteiger partial charge in [0.25, 0.3) is 0 Å². The van der Waals surface area contributed by atoms with Crippen molar-refractivity contribution in [1.29, 1.82) is 0 Å². The maximum atomic E-state index is 2.71. The van der Waals surface area contributed by atoms with E-state index in [1.54, 1.807) is 0 Å². The van der Waals surface area contributed by atoms with Crippen molar-refractivity contribution in [2.24, 2.45) is 0 Å². The summed E-state index contributed by atoms with van der Waals surface area (Å²) in [7, 11) is 0. The van der Waals surface area contributed by atoms with E-state index in [0.717, 1.165) is 0 Å². The van der Waals surface area contributed by atoms with E-state index in [1.165, 1.54) is 135 Å². The van der Waals surface area contributed by atoms with Crippen LogP contribution in [0.1, 0.15) is 136 Å². The van der Waals surface area contributed by atoms with Crippen LogP contribution in [0.4, 0.5) is 0 Å². The molecule has 0 N–H and O–H groups in total. The van der Waals surface area contributed by atoms with Crippen LogP contribution in [0.2, 0.25) is 0 Å². The first-order chi connectivity index (χ1) is 13.3. The third-order valence-corrected chi connectivity index (χ3v) is 5.64. The Hall–Kier alpha value is -0.300. The zero-order valence-electron chi connectivity index (χ0n) is 19.5. The summed E-state index contributed by atoms with van der Waals surface area (Å²) in [6, 6.07) is 0. The molecule has 0 aromatic rings. The maximum Gasteiger partial charge on any atom is -0.00187 e. The Morgan fingerprint density at radius 1 is 0.407 bits per heavy atom. The second kappa shape index (κ2) is 23.7. The fourth-order valence-electron chi connectivity index (χ4n) is 3.68. The molecule has 0 aliphatic rings. The molecule has 0 unspecified atom stereocenters. The molecule has 0 rings (SSSR count). The van der Waals surface area contributed by atoms with E-state index in [1.807, 2.05) is 0 Å². The minimum absolute atomic E-state index is 1.30. The van der Waals surface area contributed by atoms with Crippen LogP contribution in [0, 0.1) is 0 Å². The summed E-state index contributed by atoms with van der Waals surface area (Å²) in [5, 5.41) is 0. The highest BCUT2D eigenvalue weighted by Gasteiger charge is 2.03. The van der Waals surface area contributed by atoms with Gasteiger partial charge in [-0.1, -0.05) is 104 Å². The number of hydrogen-bond acceptors (Lipinski definition) is 1. The van der Waals surface area contributed by atoms with E-state index in [4.69, 9.17) is 0 Å². The molecule has 0 atom stereocenters. The molecule has 0 aliphatic carbocycles. The Morgan fingerprint density at radius 3 is 1.26 bits per heavy atom. The van der Waals surface area contributed by atoms with Crippen molar-refractivity contribution in [3.8, 4) is 0 Å². The summed E-state index contributed by atoms with van der Waals surface area (Å²) in [6.45, 7) is 10.9. The molecule has 0 aromatic heterocycles. The second-order valence-electron chi connectivity index (χ2n) is 8.49. The van der Waals surface area contributed by atoms with Crippen LogP contribution in [0.15, 0.2) is 12.2 Å². The van der Waals surface area contributed by atoms with Gasteiger partial charge >= 0.3 is 0 Å². The highest BCUT2D eigenvalue weighted by molar-refractivity contribution is 4.81. The van der Waals surface area contributed by atoms with Crippen LogP contribution >= 0.6 is 0 Å². The summed E-state index contributed by atoms with van der Waals surface area (Å²) < 4.78 is 0. The summed E-state index contributed by atoms with van der Waals surface area (Å²) in [6.07, 6.45) is 29.9. The molecular formula is C26H53N. The monoisotopic (exact) mass is 379 g/mol. The first-order valence-electron chi connectivity index (χ1n) is 12.7. The van der Waals surface area contributed by atoms with Crippen molar-refractivity contribution in [3.05, 3.63) is 12.2 Å². The molecule has 1 heteroatoms. The third kappa shape index (κ3) is 21.9. The highest BCUT2D eigenvalue weighted by Crippen LogP contribution is 2.10. The molecule has 0 aliphatic heterocycles. The van der Waals surface area contributed by atoms with Gasteiger partial charge in [-0.05, 0) is 64.6 Å². The molecule has 0 aromatic carbocycles. The summed E-state index contributed by atoms with van der Waals surface area (Å²) in [4.78, 5) is 2.71. The normalized spacial score (nSPS) is 11.9. The average molecular weight is 380 g/mol. The van der Waals surface area contributed by atoms with Gasteiger partial charge in [0.2, 0.25) is 0 Å². The van der Waals surface area contributed by atoms with E-state index in [0.29, 0.717) is 0 Å². The molecule has 27 heavy (non-hydrogen) atoms. The lowest BCUT2D eigenvalue weighted by molar-refractivity contribution is 0.259. The first kappa shape index (κ1) is 26.7. The van der Waals surface area contributed by atoms with E-state index in [9.17, 15) is 0 Å². The predicted octanol–water partition coefficient (Wildman–Crippen LogP) is 8.93. The molecule has 0 fully saturated rings. The van der Waals surface area contributed by atoms with Crippen molar-refractivity contribution >= 4 is 0 Å². The first-order valence-corrected chi connectivity index (χ1v) is 12.7. The van der Waals surface area contributed by atoms with Gasteiger partial charge < -0.3 is 4.90 Å². The average Bonchev–Trinajstić information content (AvgIpc) is 2.69. The Kier molecular flexibility index (Phi) is 23.5. The largest absolute Gasteiger partial charge is 0.303 e. The molecule has 0 heterocycles. The molecule has 0 saturated heterocycles. The smallest absolute Gasteiger partial charge is 0.00187 e. The Balaban J connectivity index is 3.34. The van der Waals surface area contributed by atoms with Gasteiger partial charge in [0.1, 0.15) is 0 Å². The minimum Gasteiger partial charge on any atom is -0.303 e. The van der Waals surface area contributed by atoms with Gasteiger partial charge in [-0.15, -0.1) is 0 Å². The number of rotatable bonds is 22. The summed E-state index contributed by atoms with van der Waals surface area (Å²) in [5.41, 5.74) is 0. The molecular weight excluding hydrogens is 326 g/mol. The van der Waals surface area contributed by atoms with Crippen LogP contribution in [0.5, 0.6) is 0 Å². The van der Waals surface area contributed by atoms with Gasteiger partial charge in [0.05, 0.1) is 0 Å². The van der Waals surface area contributed by atoms with Crippen molar-refractivity contribution in [2.75, 3.05) is 19.6 Å². The number of nitrogens with zero attached hydrogens (tertiary/aromatic N) is 1. The lowest BCUT2D eigenvalue weighted by Crippen LogP contribution is -2.27. The van der Waals surface area contributed by atoms with Crippen molar-refractivity contribution < 1.29 is 0 Å². The molecule has 0 bridgehead atoms. The Morgan fingerprint density at radius 2 is 0.778 bits per heavy atom. The zero-order valence-corrected chi connectivity index (χ0v) is 19.5. The van der Waals surface area contributed by atoms with Crippen molar-refractivity contribution in [2.45, 2.75) is 136 Å². The topological polar surface area (TPSA) is 3.24 Å². The highest BCUT2D eigenvalue weighted by atomic mass is 15.1. The van der Waals surface area contributed by atoms with Gasteiger partial charge in [-0.3, -0.25) is 0 Å². The molecule has 0 amide bonds. The van der Waals surface area contributed by atoms with Crippen LogP contribution in [-0.4, -0.2) is 24.5 Å². The van der Waals surface area contributed by atoms with E-state index in [2.05, 4.69) is 37.8 Å². The van der Waals surface area contributed by atoms with Crippen LogP contribution in [-0.2, 0) is 0 Å². The van der Waals surface area contributed by atoms with Crippen molar-refractivity contribution in [3.63, 3.8) is 0 Å². The maximum absolute atomic E-state index is 2.71. The van der Waals surface area contributed by atoms with Gasteiger partial charge in [0, 0.05) is 0 Å². The lowest BCUT2D eigenvalue weighted by Gasteiger charge is -2.21. The zero-order chi connectivity index (χ0) is 19.8. The van der Waals surface area contributed by atoms with Crippen molar-refractivity contribution in [1.82, 2.24) is 4.90 Å². The van der Waals surface area contributed by atoms with Crippen LogP contribution in [0.3, 0.4) is 0 Å². The predicted molar refractivity (Wildman–Crippen MR) is 126 cm³/mol. The Bertz CT molecular complexity index is 276. The lowest BCUT2D eigenvalue weighted by atomic mass is 10.1. The van der Waals surface area contributed by atoms with E-state index in [-0.39, 0.29) is 0 Å². The third-order valence-electron chi connectivity index (χ3n) is 5.64. The molecule has 0 spiro atoms. The standard InChI is InChI=1S/C26H53N/c1-4-7-10-11-12-13-14-15-16-17-18-19-20-21-22-23-26-27(24-8-5-2)25-9-6-3/h15-16H,4-14,17-26H2,1-3H3/b16-15-. The van der Waals surface area contributed by atoms with Gasteiger partial charge in [-0.2, -0.15) is 0 Å². The summed E-state index contributed by atoms with van der Waals surface area (Å²) in [5.74, 6) is 0. The van der Waals surface area contributed by atoms with Gasteiger partial charge in [-0.25, -0.2) is 0 Å². The molecule has 0 saturated carbocycles. The number of unbranched alkanes of at least 4 members (excludes halogenated alkanes) is 14. The number of allylic oxidation sites excluding steroid dienone is 2. The fraction of sp³-hybridized carbons (Fsp3) is 0.923. The van der Waals surface area contributed by atoms with Crippen LogP contribution in [0.25, 0.3) is 0 Å². The quantitative estimate of drug-likeness (QED) is 0.134. The Labute approximate surface area is 173 Å². The summed E-state index contributed by atoms with van der Waals surface area (Å²) >= 11 is 0. The number of hydrogen-bond donors (Lipinski definition) is 0. The second-order valence-corrected chi connectivity index (χ2v) is 8.49. The molecule has 162 valence electrons. The van der Waals surface area contributed by atoms with E-state index >= 15 is 0 Å². The van der Waals surface area contributed by atoms with Crippen LogP contribution < -0.4 is 0 Å². The fourth-order valence-corrected chi connectivity index (χ4v) is 3.68. The molecule has 0 radical (unpaired) electrons. The SMILES string of the molecule is CCCCCCCC/C=C\CCCCCCCCN(CCCC)CCCC. The minimum atomic E-state index is 1.30. The van der Waals surface area contributed by atoms with E-state index < -0.39 is 0 Å². The molecule has 1 nitrogen and oxygen atoms in total. The van der Waals surface area contributed by atoms with Gasteiger partial charge in [0.15, 0.2) is 0 Å².